The molecule has 1 aromatic rings. The van der Waals surface area contributed by atoms with Crippen molar-refractivity contribution in [1.82, 2.24) is 10.3 Å². The van der Waals surface area contributed by atoms with Crippen LogP contribution in [0.1, 0.15) is 48.9 Å². The number of pyridine rings is 1. The van der Waals surface area contributed by atoms with Gasteiger partial charge in [-0.15, -0.1) is 0 Å². The summed E-state index contributed by atoms with van der Waals surface area (Å²) in [4.78, 5) is 16.1. The number of nitrogens with one attached hydrogen (secondary N) is 1. The van der Waals surface area contributed by atoms with E-state index in [9.17, 15) is 10.1 Å². The summed E-state index contributed by atoms with van der Waals surface area (Å²) in [5, 5.41) is 12.6. The number of carbonyl (C=O) groups is 1. The van der Waals surface area contributed by atoms with Gasteiger partial charge in [0.15, 0.2) is 0 Å². The SMILES string of the molecule is N#CC1(NC(=O)c2ccc(Cl)nc2Cl)CCCCCC1. The van der Waals surface area contributed by atoms with E-state index in [2.05, 4.69) is 16.4 Å². The first-order valence-electron chi connectivity index (χ1n) is 6.62. The molecular formula is C14H15Cl2N3O. The van der Waals surface area contributed by atoms with Gasteiger partial charge in [0.1, 0.15) is 15.8 Å². The second-order valence-corrected chi connectivity index (χ2v) is 5.78. The molecule has 0 saturated heterocycles. The molecule has 1 aliphatic rings. The van der Waals surface area contributed by atoms with Crippen LogP contribution in [0.5, 0.6) is 0 Å². The van der Waals surface area contributed by atoms with Gasteiger partial charge in [-0.1, -0.05) is 48.9 Å². The van der Waals surface area contributed by atoms with Crippen molar-refractivity contribution in [2.24, 2.45) is 0 Å². The highest BCUT2D eigenvalue weighted by Gasteiger charge is 2.33. The summed E-state index contributed by atoms with van der Waals surface area (Å²) < 4.78 is 0. The van der Waals surface area contributed by atoms with E-state index in [-0.39, 0.29) is 21.8 Å². The Kier molecular flexibility index (Phi) is 4.85. The third-order valence-electron chi connectivity index (χ3n) is 3.58. The second-order valence-electron chi connectivity index (χ2n) is 5.03. The minimum atomic E-state index is -0.795. The zero-order valence-corrected chi connectivity index (χ0v) is 12.5. The molecule has 1 fully saturated rings. The molecule has 2 rings (SSSR count). The highest BCUT2D eigenvalue weighted by atomic mass is 35.5. The molecule has 1 N–H and O–H groups in total. The average molecular weight is 312 g/mol. The summed E-state index contributed by atoms with van der Waals surface area (Å²) in [7, 11) is 0. The van der Waals surface area contributed by atoms with E-state index in [4.69, 9.17) is 23.2 Å². The lowest BCUT2D eigenvalue weighted by molar-refractivity contribution is 0.0912. The summed E-state index contributed by atoms with van der Waals surface area (Å²) in [5.74, 6) is -0.373. The van der Waals surface area contributed by atoms with Gasteiger partial charge in [-0.05, 0) is 25.0 Å². The van der Waals surface area contributed by atoms with Gasteiger partial charge in [0.05, 0.1) is 11.6 Å². The van der Waals surface area contributed by atoms with E-state index in [1.807, 2.05) is 0 Å². The van der Waals surface area contributed by atoms with Gasteiger partial charge < -0.3 is 5.32 Å². The molecule has 0 aliphatic heterocycles. The van der Waals surface area contributed by atoms with E-state index in [1.54, 1.807) is 0 Å². The van der Waals surface area contributed by atoms with Gasteiger partial charge in [-0.25, -0.2) is 4.98 Å². The average Bonchev–Trinajstić information content (AvgIpc) is 2.64. The Morgan fingerprint density at radius 1 is 1.25 bits per heavy atom. The number of hydrogen-bond acceptors (Lipinski definition) is 3. The number of halogens is 2. The lowest BCUT2D eigenvalue weighted by Gasteiger charge is -2.26. The monoisotopic (exact) mass is 311 g/mol. The molecule has 0 radical (unpaired) electrons. The molecule has 20 heavy (non-hydrogen) atoms. The van der Waals surface area contributed by atoms with E-state index in [1.165, 1.54) is 12.1 Å². The van der Waals surface area contributed by atoms with Gasteiger partial charge in [0, 0.05) is 0 Å². The first kappa shape index (κ1) is 15.1. The second kappa shape index (κ2) is 6.43. The fourth-order valence-corrected chi connectivity index (χ4v) is 2.89. The summed E-state index contributed by atoms with van der Waals surface area (Å²) in [6.45, 7) is 0. The maximum atomic E-state index is 12.3. The minimum absolute atomic E-state index is 0.0525. The molecular weight excluding hydrogens is 297 g/mol. The summed E-state index contributed by atoms with van der Waals surface area (Å²) >= 11 is 11.6. The molecule has 0 unspecified atom stereocenters. The van der Waals surface area contributed by atoms with Crippen molar-refractivity contribution in [3.05, 3.63) is 28.0 Å². The summed E-state index contributed by atoms with van der Waals surface area (Å²) in [6.07, 6.45) is 5.44. The summed E-state index contributed by atoms with van der Waals surface area (Å²) in [6, 6.07) is 5.30. The molecule has 4 nitrogen and oxygen atoms in total. The van der Waals surface area contributed by atoms with Crippen molar-refractivity contribution in [3.63, 3.8) is 0 Å². The Labute approximate surface area is 128 Å². The zero-order chi connectivity index (χ0) is 14.6. The van der Waals surface area contributed by atoms with Crippen LogP contribution in [0.4, 0.5) is 0 Å². The van der Waals surface area contributed by atoms with Gasteiger partial charge in [0.2, 0.25) is 0 Å². The van der Waals surface area contributed by atoms with Crippen molar-refractivity contribution in [3.8, 4) is 6.07 Å². The number of nitrogens with zero attached hydrogens (tertiary/aromatic N) is 2. The van der Waals surface area contributed by atoms with E-state index in [0.29, 0.717) is 12.8 Å². The van der Waals surface area contributed by atoms with Crippen LogP contribution in [-0.2, 0) is 0 Å². The normalized spacial score (nSPS) is 17.9. The number of nitriles is 1. The van der Waals surface area contributed by atoms with Crippen LogP contribution >= 0.6 is 23.2 Å². The van der Waals surface area contributed by atoms with Crippen molar-refractivity contribution in [2.75, 3.05) is 0 Å². The molecule has 0 aromatic carbocycles. The van der Waals surface area contributed by atoms with Gasteiger partial charge in [-0.2, -0.15) is 5.26 Å². The van der Waals surface area contributed by atoms with E-state index >= 15 is 0 Å². The molecule has 0 spiro atoms. The minimum Gasteiger partial charge on any atom is -0.334 e. The lowest BCUT2D eigenvalue weighted by Crippen LogP contribution is -2.47. The van der Waals surface area contributed by atoms with E-state index < -0.39 is 5.54 Å². The maximum absolute atomic E-state index is 12.3. The van der Waals surface area contributed by atoms with Crippen LogP contribution in [0.3, 0.4) is 0 Å². The fourth-order valence-electron chi connectivity index (χ4n) is 2.46. The fraction of sp³-hybridized carbons (Fsp3) is 0.500. The topological polar surface area (TPSA) is 65.8 Å². The number of carbonyl (C=O) groups excluding carboxylic acids is 1. The Bertz CT molecular complexity index is 546. The van der Waals surface area contributed by atoms with Crippen LogP contribution in [0.15, 0.2) is 12.1 Å². The summed E-state index contributed by atoms with van der Waals surface area (Å²) in [5.41, 5.74) is -0.550. The molecule has 0 bridgehead atoms. The highest BCUT2D eigenvalue weighted by Crippen LogP contribution is 2.27. The number of rotatable bonds is 2. The third kappa shape index (κ3) is 3.41. The first-order chi connectivity index (χ1) is 9.56. The first-order valence-corrected chi connectivity index (χ1v) is 7.38. The van der Waals surface area contributed by atoms with Gasteiger partial charge in [-0.3, -0.25) is 4.79 Å². The molecule has 106 valence electrons. The van der Waals surface area contributed by atoms with Crippen molar-refractivity contribution in [2.45, 2.75) is 44.1 Å². The lowest BCUT2D eigenvalue weighted by atomic mass is 9.91. The van der Waals surface area contributed by atoms with Crippen LogP contribution in [0.2, 0.25) is 10.3 Å². The quantitative estimate of drug-likeness (QED) is 0.668. The Hall–Kier alpha value is -1.31. The van der Waals surface area contributed by atoms with Crippen LogP contribution < -0.4 is 5.32 Å². The van der Waals surface area contributed by atoms with Gasteiger partial charge >= 0.3 is 0 Å². The van der Waals surface area contributed by atoms with Gasteiger partial charge in [0.25, 0.3) is 5.91 Å². The third-order valence-corrected chi connectivity index (χ3v) is 4.08. The smallest absolute Gasteiger partial charge is 0.255 e. The molecule has 0 atom stereocenters. The molecule has 1 aliphatic carbocycles. The maximum Gasteiger partial charge on any atom is 0.255 e. The Morgan fingerprint density at radius 3 is 2.45 bits per heavy atom. The molecule has 1 amide bonds. The van der Waals surface area contributed by atoms with Crippen molar-refractivity contribution in [1.29, 1.82) is 5.26 Å². The van der Waals surface area contributed by atoms with Crippen LogP contribution in [-0.4, -0.2) is 16.4 Å². The van der Waals surface area contributed by atoms with Crippen molar-refractivity contribution >= 4 is 29.1 Å². The number of amides is 1. The van der Waals surface area contributed by atoms with Crippen molar-refractivity contribution < 1.29 is 4.79 Å². The Balaban J connectivity index is 2.18. The molecule has 1 aromatic heterocycles. The zero-order valence-electron chi connectivity index (χ0n) is 11.0. The highest BCUT2D eigenvalue weighted by molar-refractivity contribution is 6.34. The van der Waals surface area contributed by atoms with Crippen LogP contribution in [0.25, 0.3) is 0 Å². The number of aromatic nitrogens is 1. The standard InChI is InChI=1S/C14H15Cl2N3O/c15-11-6-5-10(12(16)18-11)13(20)19-14(9-17)7-3-1-2-4-8-14/h5-6H,1-4,7-8H2,(H,19,20). The molecule has 6 heteroatoms. The predicted molar refractivity (Wildman–Crippen MR) is 77.8 cm³/mol. The Morgan fingerprint density at radius 2 is 1.90 bits per heavy atom. The molecule has 1 saturated carbocycles. The van der Waals surface area contributed by atoms with Crippen LogP contribution in [0, 0.1) is 11.3 Å². The largest absolute Gasteiger partial charge is 0.334 e. The molecule has 1 heterocycles. The van der Waals surface area contributed by atoms with E-state index in [0.717, 1.165) is 25.7 Å². The predicted octanol–water partition coefficient (Wildman–Crippen LogP) is 3.73. The number of hydrogen-bond donors (Lipinski definition) is 1.